The van der Waals surface area contributed by atoms with Crippen molar-refractivity contribution in [3.63, 3.8) is 0 Å². The Morgan fingerprint density at radius 3 is 2.20 bits per heavy atom. The molecule has 1 unspecified atom stereocenters. The largest absolute Gasteiger partial charge is 0.392 e. The van der Waals surface area contributed by atoms with Gasteiger partial charge in [0.1, 0.15) is 0 Å². The van der Waals surface area contributed by atoms with Gasteiger partial charge in [-0.3, -0.25) is 0 Å². The number of hydrogen-bond acceptors (Lipinski definition) is 2. The molecular formula is C8H14O2. The van der Waals surface area contributed by atoms with Crippen LogP contribution in [0, 0.1) is 11.8 Å². The molecule has 2 aliphatic rings. The highest BCUT2D eigenvalue weighted by molar-refractivity contribution is 4.84. The minimum Gasteiger partial charge on any atom is -0.392 e. The van der Waals surface area contributed by atoms with E-state index in [2.05, 4.69) is 0 Å². The lowest BCUT2D eigenvalue weighted by atomic mass is 9.76. The molecule has 2 fully saturated rings. The lowest BCUT2D eigenvalue weighted by molar-refractivity contribution is -0.118. The molecule has 2 rings (SSSR count). The third kappa shape index (κ3) is 0.956. The molecule has 1 atom stereocenters. The summed E-state index contributed by atoms with van der Waals surface area (Å²) in [5, 5.41) is 9.61. The number of ether oxygens (including phenoxy) is 1. The highest BCUT2D eigenvalue weighted by atomic mass is 16.5. The molecule has 58 valence electrons. The lowest BCUT2D eigenvalue weighted by Crippen LogP contribution is -2.43. The predicted molar refractivity (Wildman–Crippen MR) is 37.7 cm³/mol. The van der Waals surface area contributed by atoms with E-state index >= 15 is 0 Å². The first-order valence-corrected chi connectivity index (χ1v) is 4.14. The Balaban J connectivity index is 1.79. The zero-order valence-corrected chi connectivity index (χ0v) is 6.12. The van der Waals surface area contributed by atoms with Crippen LogP contribution in [0.4, 0.5) is 0 Å². The fourth-order valence-electron chi connectivity index (χ4n) is 1.62. The van der Waals surface area contributed by atoms with Crippen molar-refractivity contribution in [3.8, 4) is 0 Å². The van der Waals surface area contributed by atoms with E-state index in [-0.39, 0.29) is 6.10 Å². The predicted octanol–water partition coefficient (Wildman–Crippen LogP) is 0.794. The van der Waals surface area contributed by atoms with Crippen molar-refractivity contribution < 1.29 is 9.84 Å². The molecule has 0 spiro atoms. The van der Waals surface area contributed by atoms with Crippen molar-refractivity contribution in [1.29, 1.82) is 0 Å². The summed E-state index contributed by atoms with van der Waals surface area (Å²) in [4.78, 5) is 0. The van der Waals surface area contributed by atoms with E-state index in [0.717, 1.165) is 13.2 Å². The Hall–Kier alpha value is -0.0800. The van der Waals surface area contributed by atoms with Gasteiger partial charge >= 0.3 is 0 Å². The Labute approximate surface area is 61.2 Å². The summed E-state index contributed by atoms with van der Waals surface area (Å²) in [7, 11) is 0. The Morgan fingerprint density at radius 2 is 1.90 bits per heavy atom. The van der Waals surface area contributed by atoms with Gasteiger partial charge in [0.15, 0.2) is 0 Å². The van der Waals surface area contributed by atoms with Gasteiger partial charge in [-0.15, -0.1) is 0 Å². The quantitative estimate of drug-likeness (QED) is 0.617. The monoisotopic (exact) mass is 142 g/mol. The standard InChI is InChI=1S/C8H14O2/c9-8(6-2-1-3-6)7-4-10-5-7/h6-9H,1-5H2. The van der Waals surface area contributed by atoms with Crippen LogP contribution >= 0.6 is 0 Å². The lowest BCUT2D eigenvalue weighted by Gasteiger charge is -2.38. The number of rotatable bonds is 2. The summed E-state index contributed by atoms with van der Waals surface area (Å²) in [5.74, 6) is 1.07. The van der Waals surface area contributed by atoms with Crippen LogP contribution in [0.1, 0.15) is 19.3 Å². The molecule has 1 aliphatic heterocycles. The summed E-state index contributed by atoms with van der Waals surface area (Å²) in [6.07, 6.45) is 3.73. The van der Waals surface area contributed by atoms with Crippen LogP contribution in [0.15, 0.2) is 0 Å². The zero-order valence-electron chi connectivity index (χ0n) is 6.12. The molecule has 0 aromatic rings. The van der Waals surface area contributed by atoms with E-state index in [4.69, 9.17) is 4.74 Å². The number of aliphatic hydroxyl groups excluding tert-OH is 1. The number of aliphatic hydroxyl groups is 1. The van der Waals surface area contributed by atoms with Crippen molar-refractivity contribution >= 4 is 0 Å². The maximum Gasteiger partial charge on any atom is 0.0640 e. The highest BCUT2D eigenvalue weighted by Crippen LogP contribution is 2.34. The van der Waals surface area contributed by atoms with Gasteiger partial charge in [-0.05, 0) is 18.8 Å². The molecule has 0 aromatic heterocycles. The van der Waals surface area contributed by atoms with Crippen LogP contribution in [0.2, 0.25) is 0 Å². The van der Waals surface area contributed by atoms with Gasteiger partial charge in [0.25, 0.3) is 0 Å². The van der Waals surface area contributed by atoms with E-state index in [1.54, 1.807) is 0 Å². The molecule has 0 radical (unpaired) electrons. The summed E-state index contributed by atoms with van der Waals surface area (Å²) < 4.78 is 5.01. The van der Waals surface area contributed by atoms with Gasteiger partial charge in [0.05, 0.1) is 19.3 Å². The molecule has 1 saturated carbocycles. The zero-order chi connectivity index (χ0) is 6.97. The Morgan fingerprint density at radius 1 is 1.20 bits per heavy atom. The molecule has 0 bridgehead atoms. The molecule has 0 aromatic carbocycles. The average Bonchev–Trinajstić information content (AvgIpc) is 1.52. The Kier molecular flexibility index (Phi) is 1.66. The van der Waals surface area contributed by atoms with E-state index in [1.165, 1.54) is 19.3 Å². The molecule has 10 heavy (non-hydrogen) atoms. The summed E-state index contributed by atoms with van der Waals surface area (Å²) in [5.41, 5.74) is 0. The van der Waals surface area contributed by atoms with Gasteiger partial charge in [-0.2, -0.15) is 0 Å². The minimum atomic E-state index is -0.0532. The first kappa shape index (κ1) is 6.62. The molecular weight excluding hydrogens is 128 g/mol. The molecule has 2 heteroatoms. The summed E-state index contributed by atoms with van der Waals surface area (Å²) >= 11 is 0. The SMILES string of the molecule is OC(C1CCC1)C1COC1. The van der Waals surface area contributed by atoms with Crippen LogP contribution < -0.4 is 0 Å². The molecule has 0 amide bonds. The number of hydrogen-bond donors (Lipinski definition) is 1. The van der Waals surface area contributed by atoms with Gasteiger partial charge < -0.3 is 9.84 Å². The Bertz CT molecular complexity index is 102. The summed E-state index contributed by atoms with van der Waals surface area (Å²) in [6, 6.07) is 0. The molecule has 1 saturated heterocycles. The highest BCUT2D eigenvalue weighted by Gasteiger charge is 2.35. The minimum absolute atomic E-state index is 0.0532. The first-order chi connectivity index (χ1) is 4.88. The normalized spacial score (nSPS) is 30.9. The van der Waals surface area contributed by atoms with E-state index < -0.39 is 0 Å². The summed E-state index contributed by atoms with van der Waals surface area (Å²) in [6.45, 7) is 1.58. The fraction of sp³-hybridized carbons (Fsp3) is 1.00. The van der Waals surface area contributed by atoms with Gasteiger partial charge in [0.2, 0.25) is 0 Å². The fourth-order valence-corrected chi connectivity index (χ4v) is 1.62. The van der Waals surface area contributed by atoms with Crippen molar-refractivity contribution in [2.24, 2.45) is 11.8 Å². The van der Waals surface area contributed by atoms with Gasteiger partial charge in [-0.25, -0.2) is 0 Å². The third-order valence-corrected chi connectivity index (χ3v) is 2.78. The van der Waals surface area contributed by atoms with Crippen LogP contribution in [-0.4, -0.2) is 24.4 Å². The second-order valence-electron chi connectivity index (χ2n) is 3.48. The maximum absolute atomic E-state index is 9.61. The molecule has 1 aliphatic carbocycles. The third-order valence-electron chi connectivity index (χ3n) is 2.78. The second kappa shape index (κ2) is 2.51. The van der Waals surface area contributed by atoms with Crippen molar-refractivity contribution in [2.45, 2.75) is 25.4 Å². The van der Waals surface area contributed by atoms with Gasteiger partial charge in [-0.1, -0.05) is 6.42 Å². The van der Waals surface area contributed by atoms with E-state index in [1.807, 2.05) is 0 Å². The van der Waals surface area contributed by atoms with Gasteiger partial charge in [0, 0.05) is 5.92 Å². The van der Waals surface area contributed by atoms with E-state index in [9.17, 15) is 5.11 Å². The van der Waals surface area contributed by atoms with Crippen LogP contribution in [-0.2, 0) is 4.74 Å². The van der Waals surface area contributed by atoms with E-state index in [0.29, 0.717) is 11.8 Å². The topological polar surface area (TPSA) is 29.5 Å². The van der Waals surface area contributed by atoms with Crippen molar-refractivity contribution in [2.75, 3.05) is 13.2 Å². The second-order valence-corrected chi connectivity index (χ2v) is 3.48. The smallest absolute Gasteiger partial charge is 0.0640 e. The average molecular weight is 142 g/mol. The molecule has 1 heterocycles. The van der Waals surface area contributed by atoms with Crippen molar-refractivity contribution in [1.82, 2.24) is 0 Å². The maximum atomic E-state index is 9.61. The molecule has 1 N–H and O–H groups in total. The van der Waals surface area contributed by atoms with Crippen LogP contribution in [0.3, 0.4) is 0 Å². The molecule has 2 nitrogen and oxygen atoms in total. The first-order valence-electron chi connectivity index (χ1n) is 4.14. The van der Waals surface area contributed by atoms with Crippen LogP contribution in [0.5, 0.6) is 0 Å². The van der Waals surface area contributed by atoms with Crippen LogP contribution in [0.25, 0.3) is 0 Å². The van der Waals surface area contributed by atoms with Crippen molar-refractivity contribution in [3.05, 3.63) is 0 Å².